The van der Waals surface area contributed by atoms with Gasteiger partial charge < -0.3 is 14.4 Å². The van der Waals surface area contributed by atoms with Crippen LogP contribution < -0.4 is 5.63 Å². The molecule has 1 fully saturated rings. The SMILES string of the molecule is Cc1c(C(=O)N2CCC(C(=O)O)CC2)c(=O)oc2ccccc12. The van der Waals surface area contributed by atoms with Gasteiger partial charge in [0.05, 0.1) is 5.92 Å². The molecule has 6 nitrogen and oxygen atoms in total. The number of hydrogen-bond acceptors (Lipinski definition) is 4. The Morgan fingerprint density at radius 3 is 2.52 bits per heavy atom. The van der Waals surface area contributed by atoms with E-state index in [4.69, 9.17) is 9.52 Å². The van der Waals surface area contributed by atoms with Crippen molar-refractivity contribution in [1.82, 2.24) is 4.90 Å². The first-order chi connectivity index (χ1) is 11.0. The number of aryl methyl sites for hydroxylation is 1. The van der Waals surface area contributed by atoms with Gasteiger partial charge in [0.15, 0.2) is 0 Å². The lowest BCUT2D eigenvalue weighted by molar-refractivity contribution is -0.143. The van der Waals surface area contributed by atoms with Crippen molar-refractivity contribution in [3.8, 4) is 0 Å². The third-order valence-corrected chi connectivity index (χ3v) is 4.42. The Labute approximate surface area is 132 Å². The summed E-state index contributed by atoms with van der Waals surface area (Å²) in [6.07, 6.45) is 0.804. The average molecular weight is 315 g/mol. The highest BCUT2D eigenvalue weighted by molar-refractivity contribution is 5.99. The van der Waals surface area contributed by atoms with Crippen molar-refractivity contribution in [3.63, 3.8) is 0 Å². The number of amides is 1. The van der Waals surface area contributed by atoms with Gasteiger partial charge in [-0.3, -0.25) is 9.59 Å². The summed E-state index contributed by atoms with van der Waals surface area (Å²) in [5.41, 5.74) is 0.447. The molecule has 2 aromatic rings. The number of likely N-dealkylation sites (tertiary alicyclic amines) is 1. The van der Waals surface area contributed by atoms with Crippen molar-refractivity contribution in [1.29, 1.82) is 0 Å². The maximum absolute atomic E-state index is 12.7. The molecule has 23 heavy (non-hydrogen) atoms. The molecule has 1 aliphatic heterocycles. The van der Waals surface area contributed by atoms with Crippen LogP contribution in [0, 0.1) is 12.8 Å². The number of carboxylic acid groups (broad SMARTS) is 1. The zero-order valence-corrected chi connectivity index (χ0v) is 12.7. The fourth-order valence-electron chi connectivity index (χ4n) is 3.04. The number of nitrogens with zero attached hydrogens (tertiary/aromatic N) is 1. The molecule has 1 amide bonds. The summed E-state index contributed by atoms with van der Waals surface area (Å²) in [5.74, 6) is -1.64. The molecule has 1 N–H and O–H groups in total. The van der Waals surface area contributed by atoms with Gasteiger partial charge >= 0.3 is 11.6 Å². The Bertz CT molecular complexity index is 830. The Hall–Kier alpha value is -2.63. The highest BCUT2D eigenvalue weighted by Crippen LogP contribution is 2.23. The van der Waals surface area contributed by atoms with Gasteiger partial charge in [0, 0.05) is 18.5 Å². The number of piperidine rings is 1. The lowest BCUT2D eigenvalue weighted by Crippen LogP contribution is -2.42. The average Bonchev–Trinajstić information content (AvgIpc) is 2.54. The van der Waals surface area contributed by atoms with Crippen LogP contribution in [-0.2, 0) is 4.79 Å². The van der Waals surface area contributed by atoms with E-state index < -0.39 is 17.5 Å². The van der Waals surface area contributed by atoms with Crippen LogP contribution in [0.4, 0.5) is 0 Å². The minimum atomic E-state index is -0.835. The monoisotopic (exact) mass is 315 g/mol. The quantitative estimate of drug-likeness (QED) is 0.857. The number of carbonyl (C=O) groups excluding carboxylic acids is 1. The maximum Gasteiger partial charge on any atom is 0.349 e. The van der Waals surface area contributed by atoms with Gasteiger partial charge in [0.25, 0.3) is 5.91 Å². The van der Waals surface area contributed by atoms with Crippen LogP contribution >= 0.6 is 0 Å². The van der Waals surface area contributed by atoms with E-state index in [9.17, 15) is 14.4 Å². The molecule has 0 aliphatic carbocycles. The molecule has 0 atom stereocenters. The Morgan fingerprint density at radius 2 is 1.87 bits per heavy atom. The molecule has 0 bridgehead atoms. The van der Waals surface area contributed by atoms with Crippen LogP contribution in [0.5, 0.6) is 0 Å². The summed E-state index contributed by atoms with van der Waals surface area (Å²) in [5, 5.41) is 9.75. The Morgan fingerprint density at radius 1 is 1.22 bits per heavy atom. The van der Waals surface area contributed by atoms with E-state index in [2.05, 4.69) is 0 Å². The van der Waals surface area contributed by atoms with Gasteiger partial charge in [-0.1, -0.05) is 18.2 Å². The largest absolute Gasteiger partial charge is 0.481 e. The van der Waals surface area contributed by atoms with Crippen molar-refractivity contribution < 1.29 is 19.1 Å². The summed E-state index contributed by atoms with van der Waals surface area (Å²) in [6.45, 7) is 2.40. The number of aliphatic carboxylic acids is 1. The molecule has 2 heterocycles. The van der Waals surface area contributed by atoms with Crippen LogP contribution in [0.1, 0.15) is 28.8 Å². The van der Waals surface area contributed by atoms with E-state index in [1.165, 1.54) is 4.90 Å². The standard InChI is InChI=1S/C17H17NO5/c1-10-12-4-2-3-5-13(12)23-17(22)14(10)15(19)18-8-6-11(7-9-18)16(20)21/h2-5,11H,6-9H2,1H3,(H,20,21). The smallest absolute Gasteiger partial charge is 0.349 e. The summed E-state index contributed by atoms with van der Waals surface area (Å²) in [6, 6.07) is 7.09. The second kappa shape index (κ2) is 5.87. The third kappa shape index (κ3) is 2.72. The first-order valence-electron chi connectivity index (χ1n) is 7.53. The van der Waals surface area contributed by atoms with E-state index in [-0.39, 0.29) is 11.5 Å². The molecule has 1 aromatic carbocycles. The van der Waals surface area contributed by atoms with Gasteiger partial charge in [0.2, 0.25) is 0 Å². The number of para-hydroxylation sites is 1. The Balaban J connectivity index is 1.93. The first-order valence-corrected chi connectivity index (χ1v) is 7.53. The van der Waals surface area contributed by atoms with Gasteiger partial charge in [0.1, 0.15) is 11.1 Å². The summed E-state index contributed by atoms with van der Waals surface area (Å²) in [4.78, 5) is 37.4. The number of fused-ring (bicyclic) bond motifs is 1. The summed E-state index contributed by atoms with van der Waals surface area (Å²) in [7, 11) is 0. The van der Waals surface area contributed by atoms with Crippen molar-refractivity contribution in [2.75, 3.05) is 13.1 Å². The van der Waals surface area contributed by atoms with Crippen molar-refractivity contribution in [2.45, 2.75) is 19.8 Å². The second-order valence-electron chi connectivity index (χ2n) is 5.79. The third-order valence-electron chi connectivity index (χ3n) is 4.42. The van der Waals surface area contributed by atoms with Gasteiger partial charge in [-0.15, -0.1) is 0 Å². The molecule has 120 valence electrons. The molecule has 6 heteroatoms. The number of carbonyl (C=O) groups is 2. The number of carboxylic acids is 1. The molecular weight excluding hydrogens is 298 g/mol. The van der Waals surface area contributed by atoms with Crippen LogP contribution in [0.2, 0.25) is 0 Å². The fraction of sp³-hybridized carbons (Fsp3) is 0.353. The molecule has 0 unspecified atom stereocenters. The highest BCUT2D eigenvalue weighted by Gasteiger charge is 2.30. The molecule has 3 rings (SSSR count). The molecule has 1 saturated heterocycles. The Kier molecular flexibility index (Phi) is 3.90. The number of hydrogen-bond donors (Lipinski definition) is 1. The van der Waals surface area contributed by atoms with Crippen LogP contribution in [-0.4, -0.2) is 35.0 Å². The van der Waals surface area contributed by atoms with Crippen LogP contribution in [0.15, 0.2) is 33.5 Å². The van der Waals surface area contributed by atoms with E-state index in [1.54, 1.807) is 25.1 Å². The molecular formula is C17H17NO5. The van der Waals surface area contributed by atoms with Crippen LogP contribution in [0.3, 0.4) is 0 Å². The maximum atomic E-state index is 12.7. The zero-order valence-electron chi connectivity index (χ0n) is 12.7. The minimum Gasteiger partial charge on any atom is -0.481 e. The van der Waals surface area contributed by atoms with E-state index in [0.29, 0.717) is 37.1 Å². The lowest BCUT2D eigenvalue weighted by Gasteiger charge is -2.30. The first kappa shape index (κ1) is 15.3. The normalized spacial score (nSPS) is 15.8. The summed E-state index contributed by atoms with van der Waals surface area (Å²) < 4.78 is 5.25. The molecule has 0 spiro atoms. The molecule has 0 radical (unpaired) electrons. The van der Waals surface area contributed by atoms with E-state index in [0.717, 1.165) is 5.39 Å². The van der Waals surface area contributed by atoms with Crippen molar-refractivity contribution >= 4 is 22.8 Å². The predicted molar refractivity (Wildman–Crippen MR) is 83.5 cm³/mol. The van der Waals surface area contributed by atoms with Crippen LogP contribution in [0.25, 0.3) is 11.0 Å². The van der Waals surface area contributed by atoms with Crippen molar-refractivity contribution in [2.24, 2.45) is 5.92 Å². The van der Waals surface area contributed by atoms with Gasteiger partial charge in [-0.2, -0.15) is 0 Å². The summed E-state index contributed by atoms with van der Waals surface area (Å²) >= 11 is 0. The fourth-order valence-corrected chi connectivity index (χ4v) is 3.04. The molecule has 1 aromatic heterocycles. The zero-order chi connectivity index (χ0) is 16.6. The van der Waals surface area contributed by atoms with E-state index >= 15 is 0 Å². The van der Waals surface area contributed by atoms with Gasteiger partial charge in [-0.25, -0.2) is 4.79 Å². The molecule has 1 aliphatic rings. The molecule has 0 saturated carbocycles. The number of rotatable bonds is 2. The topological polar surface area (TPSA) is 87.8 Å². The lowest BCUT2D eigenvalue weighted by atomic mass is 9.96. The highest BCUT2D eigenvalue weighted by atomic mass is 16.4. The van der Waals surface area contributed by atoms with Crippen molar-refractivity contribution in [3.05, 3.63) is 45.8 Å². The van der Waals surface area contributed by atoms with Gasteiger partial charge in [-0.05, 0) is 31.4 Å². The van der Waals surface area contributed by atoms with E-state index in [1.807, 2.05) is 6.07 Å². The predicted octanol–water partition coefficient (Wildman–Crippen LogP) is 2.04. The number of benzene rings is 1. The minimum absolute atomic E-state index is 0.0393. The second-order valence-corrected chi connectivity index (χ2v) is 5.79.